The van der Waals surface area contributed by atoms with Gasteiger partial charge in [-0.3, -0.25) is 4.79 Å². The predicted molar refractivity (Wildman–Crippen MR) is 139 cm³/mol. The van der Waals surface area contributed by atoms with Gasteiger partial charge in [0.1, 0.15) is 23.6 Å². The maximum absolute atomic E-state index is 15.0. The normalized spacial score (nSPS) is 13.0. The molecule has 0 saturated carbocycles. The van der Waals surface area contributed by atoms with Crippen LogP contribution in [0.2, 0.25) is 0 Å². The molecule has 0 saturated heterocycles. The minimum atomic E-state index is -0.643. The third-order valence-corrected chi connectivity index (χ3v) is 6.31. The van der Waals surface area contributed by atoms with Crippen LogP contribution in [0, 0.1) is 11.6 Å². The number of halogens is 2. The van der Waals surface area contributed by atoms with Crippen LogP contribution < -0.4 is 15.0 Å². The third kappa shape index (κ3) is 5.09. The standard InChI is InChI=1S/C27H28F2N6O3/c1-15(2)35-7-8-37-26-18(28)11-17(12-21(26)35)25-19(29)13-30-23(33-25)10-16-5-6-22-20(9-16)32-27(38-22)31-14-24(36)34(3)4/h5-6,9,11-13,15H,7-8,10,14H2,1-4H3,(H,31,32). The largest absolute Gasteiger partial charge is 0.486 e. The van der Waals surface area contributed by atoms with E-state index in [1.165, 1.54) is 11.0 Å². The molecular weight excluding hydrogens is 494 g/mol. The van der Waals surface area contributed by atoms with E-state index < -0.39 is 11.6 Å². The highest BCUT2D eigenvalue weighted by Gasteiger charge is 2.25. The van der Waals surface area contributed by atoms with Crippen LogP contribution in [-0.2, 0) is 11.2 Å². The van der Waals surface area contributed by atoms with E-state index in [0.29, 0.717) is 47.7 Å². The SMILES string of the molecule is CC(C)N1CCOc2c(F)cc(-c3nc(Cc4ccc5oc(NCC(=O)N(C)C)nc5c4)ncc3F)cc21. The molecular formula is C27H28F2N6O3. The molecule has 1 amide bonds. The highest BCUT2D eigenvalue weighted by atomic mass is 19.1. The highest BCUT2D eigenvalue weighted by molar-refractivity contribution is 5.81. The molecule has 38 heavy (non-hydrogen) atoms. The van der Waals surface area contributed by atoms with E-state index in [-0.39, 0.29) is 36.0 Å². The van der Waals surface area contributed by atoms with Crippen molar-refractivity contribution in [1.29, 1.82) is 0 Å². The molecule has 1 aliphatic rings. The van der Waals surface area contributed by atoms with Gasteiger partial charge in [-0.1, -0.05) is 6.07 Å². The van der Waals surface area contributed by atoms with Gasteiger partial charge in [0.05, 0.1) is 25.0 Å². The Bertz CT molecular complexity index is 1500. The second kappa shape index (κ2) is 10.2. The average molecular weight is 523 g/mol. The minimum absolute atomic E-state index is 0.0190. The molecule has 0 bridgehead atoms. The number of nitrogens with zero attached hydrogens (tertiary/aromatic N) is 5. The van der Waals surface area contributed by atoms with Crippen molar-refractivity contribution in [2.75, 3.05) is 44.0 Å². The maximum Gasteiger partial charge on any atom is 0.296 e. The van der Waals surface area contributed by atoms with Gasteiger partial charge < -0.3 is 24.3 Å². The van der Waals surface area contributed by atoms with Gasteiger partial charge in [-0.15, -0.1) is 0 Å². The van der Waals surface area contributed by atoms with E-state index >= 15 is 0 Å². The zero-order valence-electron chi connectivity index (χ0n) is 21.6. The number of anilines is 2. The average Bonchev–Trinajstić information content (AvgIpc) is 3.30. The molecule has 0 spiro atoms. The van der Waals surface area contributed by atoms with Crippen LogP contribution in [0.3, 0.4) is 0 Å². The van der Waals surface area contributed by atoms with E-state index in [1.807, 2.05) is 30.9 Å². The van der Waals surface area contributed by atoms with E-state index in [1.54, 1.807) is 26.2 Å². The number of amides is 1. The monoisotopic (exact) mass is 522 g/mol. The summed E-state index contributed by atoms with van der Waals surface area (Å²) in [6.07, 6.45) is 1.40. The molecule has 2 aromatic heterocycles. The lowest BCUT2D eigenvalue weighted by molar-refractivity contribution is -0.126. The minimum Gasteiger partial charge on any atom is -0.486 e. The molecule has 0 radical (unpaired) electrons. The van der Waals surface area contributed by atoms with Gasteiger partial charge >= 0.3 is 0 Å². The first-order valence-corrected chi connectivity index (χ1v) is 12.3. The van der Waals surface area contributed by atoms with Crippen LogP contribution in [0.4, 0.5) is 20.5 Å². The Morgan fingerprint density at radius 3 is 2.74 bits per heavy atom. The topological polar surface area (TPSA) is 96.6 Å². The van der Waals surface area contributed by atoms with Gasteiger partial charge in [-0.2, -0.15) is 4.98 Å². The van der Waals surface area contributed by atoms with Crippen molar-refractivity contribution in [2.45, 2.75) is 26.3 Å². The Balaban J connectivity index is 1.40. The maximum atomic E-state index is 15.0. The fourth-order valence-corrected chi connectivity index (χ4v) is 4.32. The van der Waals surface area contributed by atoms with Crippen molar-refractivity contribution in [3.8, 4) is 17.0 Å². The van der Waals surface area contributed by atoms with Gasteiger partial charge in [0.25, 0.3) is 6.01 Å². The van der Waals surface area contributed by atoms with Crippen LogP contribution in [0.5, 0.6) is 5.75 Å². The molecule has 2 aromatic carbocycles. The zero-order valence-corrected chi connectivity index (χ0v) is 21.6. The van der Waals surface area contributed by atoms with Gasteiger partial charge in [-0.05, 0) is 43.7 Å². The summed E-state index contributed by atoms with van der Waals surface area (Å²) in [4.78, 5) is 28.3. The number of aromatic nitrogens is 3. The lowest BCUT2D eigenvalue weighted by Gasteiger charge is -2.34. The second-order valence-electron chi connectivity index (χ2n) is 9.56. The summed E-state index contributed by atoms with van der Waals surface area (Å²) in [5, 5.41) is 2.87. The number of carbonyl (C=O) groups is 1. The third-order valence-electron chi connectivity index (χ3n) is 6.31. The van der Waals surface area contributed by atoms with Gasteiger partial charge in [0.15, 0.2) is 23.0 Å². The molecule has 9 nitrogen and oxygen atoms in total. The molecule has 198 valence electrons. The summed E-state index contributed by atoms with van der Waals surface area (Å²) in [7, 11) is 3.34. The number of benzene rings is 2. The van der Waals surface area contributed by atoms with Crippen molar-refractivity contribution < 1.29 is 22.7 Å². The van der Waals surface area contributed by atoms with E-state index in [9.17, 15) is 13.6 Å². The number of nitrogens with one attached hydrogen (secondary N) is 1. The first kappa shape index (κ1) is 25.4. The summed E-state index contributed by atoms with van der Waals surface area (Å²) < 4.78 is 41.0. The summed E-state index contributed by atoms with van der Waals surface area (Å²) >= 11 is 0. The van der Waals surface area contributed by atoms with E-state index in [0.717, 1.165) is 11.8 Å². The Kier molecular flexibility index (Phi) is 6.83. The predicted octanol–water partition coefficient (Wildman–Crippen LogP) is 4.26. The number of carbonyl (C=O) groups excluding carboxylic acids is 1. The van der Waals surface area contributed by atoms with Crippen molar-refractivity contribution in [3.05, 3.63) is 59.6 Å². The second-order valence-corrected chi connectivity index (χ2v) is 9.56. The van der Waals surface area contributed by atoms with Crippen molar-refractivity contribution in [3.63, 3.8) is 0 Å². The Hall–Kier alpha value is -4.28. The zero-order chi connectivity index (χ0) is 27.0. The quantitative estimate of drug-likeness (QED) is 0.385. The fourth-order valence-electron chi connectivity index (χ4n) is 4.32. The fraction of sp³-hybridized carbons (Fsp3) is 0.333. The molecule has 4 aromatic rings. The number of hydrogen-bond acceptors (Lipinski definition) is 8. The van der Waals surface area contributed by atoms with Crippen molar-refractivity contribution in [2.24, 2.45) is 0 Å². The first-order valence-electron chi connectivity index (χ1n) is 12.3. The molecule has 1 N–H and O–H groups in total. The molecule has 0 fully saturated rings. The lowest BCUT2D eigenvalue weighted by atomic mass is 10.1. The van der Waals surface area contributed by atoms with Crippen LogP contribution >= 0.6 is 0 Å². The number of oxazole rings is 1. The number of fused-ring (bicyclic) bond motifs is 2. The van der Waals surface area contributed by atoms with Gasteiger partial charge in [-0.25, -0.2) is 18.7 Å². The van der Waals surface area contributed by atoms with E-state index in [2.05, 4.69) is 20.3 Å². The van der Waals surface area contributed by atoms with Crippen LogP contribution in [0.25, 0.3) is 22.4 Å². The number of likely N-dealkylation sites (N-methyl/N-ethyl adjacent to an activating group) is 1. The summed E-state index contributed by atoms with van der Waals surface area (Å²) in [5.74, 6) is -0.773. The van der Waals surface area contributed by atoms with Gasteiger partial charge in [0, 0.05) is 32.1 Å². The summed E-state index contributed by atoms with van der Waals surface area (Å²) in [6, 6.07) is 8.74. The van der Waals surface area contributed by atoms with Crippen LogP contribution in [0.1, 0.15) is 25.2 Å². The molecule has 3 heterocycles. The first-order chi connectivity index (χ1) is 18.2. The molecule has 0 aliphatic carbocycles. The number of rotatable bonds is 7. The molecule has 1 aliphatic heterocycles. The number of ether oxygens (including phenoxy) is 1. The van der Waals surface area contributed by atoms with Crippen molar-refractivity contribution in [1.82, 2.24) is 19.9 Å². The Morgan fingerprint density at radius 2 is 1.97 bits per heavy atom. The smallest absolute Gasteiger partial charge is 0.296 e. The lowest BCUT2D eigenvalue weighted by Crippen LogP contribution is -2.38. The summed E-state index contributed by atoms with van der Waals surface area (Å²) in [5.41, 5.74) is 2.88. The molecule has 0 unspecified atom stereocenters. The van der Waals surface area contributed by atoms with Crippen molar-refractivity contribution >= 4 is 28.7 Å². The molecule has 5 rings (SSSR count). The summed E-state index contributed by atoms with van der Waals surface area (Å²) in [6.45, 7) is 5.07. The highest BCUT2D eigenvalue weighted by Crippen LogP contribution is 2.39. The van der Waals surface area contributed by atoms with E-state index in [4.69, 9.17) is 9.15 Å². The Morgan fingerprint density at radius 1 is 1.16 bits per heavy atom. The van der Waals surface area contributed by atoms with Crippen LogP contribution in [-0.4, -0.2) is 65.6 Å². The number of hydrogen-bond donors (Lipinski definition) is 1. The Labute approximate surface area is 218 Å². The molecule has 0 atom stereocenters. The van der Waals surface area contributed by atoms with Gasteiger partial charge in [0.2, 0.25) is 5.91 Å². The van der Waals surface area contributed by atoms with Crippen LogP contribution in [0.15, 0.2) is 40.9 Å². The molecule has 11 heteroatoms.